The van der Waals surface area contributed by atoms with Gasteiger partial charge in [0.15, 0.2) is 5.16 Å². The van der Waals surface area contributed by atoms with Crippen LogP contribution in [0, 0.1) is 0 Å². The van der Waals surface area contributed by atoms with E-state index >= 15 is 0 Å². The molecule has 5 heteroatoms. The number of hydrogen-bond donors (Lipinski definition) is 2. The third-order valence-corrected chi connectivity index (χ3v) is 2.75. The lowest BCUT2D eigenvalue weighted by atomic mass is 10.2. The molecule has 0 atom stereocenters. The summed E-state index contributed by atoms with van der Waals surface area (Å²) in [6.07, 6.45) is 1.46. The molecule has 0 aliphatic rings. The van der Waals surface area contributed by atoms with Crippen molar-refractivity contribution in [3.05, 3.63) is 36.2 Å². The second-order valence-electron chi connectivity index (χ2n) is 2.66. The largest absolute Gasteiger partial charge is 0.392 e. The summed E-state index contributed by atoms with van der Waals surface area (Å²) in [4.78, 5) is 4.99. The number of benzene rings is 1. The Balaban J connectivity index is 2.24. The van der Waals surface area contributed by atoms with Crippen LogP contribution in [0.1, 0.15) is 5.56 Å². The molecule has 0 aliphatic carbocycles. The van der Waals surface area contributed by atoms with Crippen molar-refractivity contribution in [2.24, 2.45) is 0 Å². The van der Waals surface area contributed by atoms with E-state index in [0.717, 1.165) is 15.6 Å². The van der Waals surface area contributed by atoms with Crippen LogP contribution in [0.15, 0.2) is 40.6 Å². The minimum absolute atomic E-state index is 0.0390. The molecule has 0 aliphatic heterocycles. The average Bonchev–Trinajstić information content (AvgIpc) is 2.71. The fourth-order valence-corrected chi connectivity index (χ4v) is 1.90. The molecule has 72 valence electrons. The van der Waals surface area contributed by atoms with E-state index in [2.05, 4.69) is 15.2 Å². The molecule has 4 nitrogen and oxygen atoms in total. The summed E-state index contributed by atoms with van der Waals surface area (Å²) in [7, 11) is 0. The number of aliphatic hydroxyl groups excluding tert-OH is 1. The summed E-state index contributed by atoms with van der Waals surface area (Å²) >= 11 is 1.46. The predicted octanol–water partition coefficient (Wildman–Crippen LogP) is 1.45. The number of aliphatic hydroxyl groups is 1. The van der Waals surface area contributed by atoms with Gasteiger partial charge in [0.2, 0.25) is 0 Å². The van der Waals surface area contributed by atoms with Crippen LogP contribution in [-0.2, 0) is 6.61 Å². The highest BCUT2D eigenvalue weighted by atomic mass is 32.2. The minimum Gasteiger partial charge on any atom is -0.392 e. The van der Waals surface area contributed by atoms with Crippen LogP contribution in [0.3, 0.4) is 0 Å². The highest BCUT2D eigenvalue weighted by molar-refractivity contribution is 7.99. The maximum absolute atomic E-state index is 9.09. The third kappa shape index (κ3) is 1.94. The summed E-state index contributed by atoms with van der Waals surface area (Å²) in [5.74, 6) is 0. The van der Waals surface area contributed by atoms with E-state index in [1.54, 1.807) is 0 Å². The monoisotopic (exact) mass is 207 g/mol. The molecule has 2 N–H and O–H groups in total. The molecule has 1 aromatic heterocycles. The van der Waals surface area contributed by atoms with Crippen molar-refractivity contribution in [3.8, 4) is 0 Å². The zero-order valence-corrected chi connectivity index (χ0v) is 8.16. The van der Waals surface area contributed by atoms with Crippen molar-refractivity contribution in [1.29, 1.82) is 0 Å². The Morgan fingerprint density at radius 3 is 2.93 bits per heavy atom. The molecule has 0 bridgehead atoms. The van der Waals surface area contributed by atoms with Crippen molar-refractivity contribution >= 4 is 11.8 Å². The maximum atomic E-state index is 9.09. The quantitative estimate of drug-likeness (QED) is 0.799. The van der Waals surface area contributed by atoms with E-state index in [9.17, 15) is 0 Å². The molecule has 0 spiro atoms. The zero-order chi connectivity index (χ0) is 9.80. The second-order valence-corrected chi connectivity index (χ2v) is 3.69. The highest BCUT2D eigenvalue weighted by Crippen LogP contribution is 2.27. The fourth-order valence-electron chi connectivity index (χ4n) is 1.08. The van der Waals surface area contributed by atoms with Gasteiger partial charge in [-0.15, -0.1) is 0 Å². The van der Waals surface area contributed by atoms with Crippen molar-refractivity contribution in [2.75, 3.05) is 0 Å². The summed E-state index contributed by atoms with van der Waals surface area (Å²) in [6, 6.07) is 7.66. The van der Waals surface area contributed by atoms with Crippen LogP contribution in [0.2, 0.25) is 0 Å². The van der Waals surface area contributed by atoms with E-state index in [0.29, 0.717) is 0 Å². The molecule has 0 amide bonds. The van der Waals surface area contributed by atoms with E-state index in [4.69, 9.17) is 5.11 Å². The first-order valence-electron chi connectivity index (χ1n) is 4.12. The Bertz CT molecular complexity index is 402. The molecular weight excluding hydrogens is 198 g/mol. The average molecular weight is 207 g/mol. The number of aromatic nitrogens is 3. The van der Waals surface area contributed by atoms with Gasteiger partial charge in [0.25, 0.3) is 0 Å². The molecule has 2 rings (SSSR count). The molecule has 1 heterocycles. The van der Waals surface area contributed by atoms with E-state index in [1.165, 1.54) is 18.1 Å². The van der Waals surface area contributed by atoms with Gasteiger partial charge in [0, 0.05) is 4.90 Å². The first-order chi connectivity index (χ1) is 6.90. The van der Waals surface area contributed by atoms with Crippen LogP contribution < -0.4 is 0 Å². The van der Waals surface area contributed by atoms with Gasteiger partial charge >= 0.3 is 0 Å². The molecule has 0 saturated heterocycles. The van der Waals surface area contributed by atoms with Gasteiger partial charge in [-0.1, -0.05) is 18.2 Å². The predicted molar refractivity (Wildman–Crippen MR) is 52.9 cm³/mol. The zero-order valence-electron chi connectivity index (χ0n) is 7.34. The van der Waals surface area contributed by atoms with Gasteiger partial charge in [-0.3, -0.25) is 5.10 Å². The summed E-state index contributed by atoms with van der Waals surface area (Å²) in [5, 5.41) is 16.3. The second kappa shape index (κ2) is 4.26. The number of nitrogens with zero attached hydrogens (tertiary/aromatic N) is 2. The lowest BCUT2D eigenvalue weighted by Gasteiger charge is -2.03. The summed E-state index contributed by atoms with van der Waals surface area (Å²) in [5.41, 5.74) is 0.897. The first kappa shape index (κ1) is 9.23. The first-order valence-corrected chi connectivity index (χ1v) is 4.94. The standard InChI is InChI=1S/C9H9N3OS/c13-5-7-3-1-2-4-8(7)14-9-10-6-11-12-9/h1-4,6,13H,5H2,(H,10,11,12). The number of H-pyrrole nitrogens is 1. The van der Waals surface area contributed by atoms with E-state index < -0.39 is 0 Å². The molecule has 0 fully saturated rings. The smallest absolute Gasteiger partial charge is 0.188 e. The van der Waals surface area contributed by atoms with Crippen molar-refractivity contribution in [1.82, 2.24) is 15.2 Å². The van der Waals surface area contributed by atoms with E-state index in [1.807, 2.05) is 24.3 Å². The molecule has 2 aromatic rings. The Morgan fingerprint density at radius 1 is 1.36 bits per heavy atom. The van der Waals surface area contributed by atoms with Gasteiger partial charge in [-0.2, -0.15) is 5.10 Å². The fraction of sp³-hybridized carbons (Fsp3) is 0.111. The van der Waals surface area contributed by atoms with Gasteiger partial charge in [0.05, 0.1) is 6.61 Å². The molecule has 14 heavy (non-hydrogen) atoms. The number of aromatic amines is 1. The Hall–Kier alpha value is -1.33. The Morgan fingerprint density at radius 2 is 2.21 bits per heavy atom. The van der Waals surface area contributed by atoms with Gasteiger partial charge < -0.3 is 5.11 Å². The van der Waals surface area contributed by atoms with Crippen molar-refractivity contribution < 1.29 is 5.11 Å². The lowest BCUT2D eigenvalue weighted by Crippen LogP contribution is -1.87. The molecule has 0 saturated carbocycles. The molecule has 1 aromatic carbocycles. The van der Waals surface area contributed by atoms with E-state index in [-0.39, 0.29) is 6.61 Å². The molecular formula is C9H9N3OS. The minimum atomic E-state index is 0.0390. The molecule has 0 unspecified atom stereocenters. The number of rotatable bonds is 3. The van der Waals surface area contributed by atoms with Crippen LogP contribution in [0.5, 0.6) is 0 Å². The lowest BCUT2D eigenvalue weighted by molar-refractivity contribution is 0.279. The summed E-state index contributed by atoms with van der Waals surface area (Å²) in [6.45, 7) is 0.0390. The summed E-state index contributed by atoms with van der Waals surface area (Å²) < 4.78 is 0. The highest BCUT2D eigenvalue weighted by Gasteiger charge is 2.04. The normalized spacial score (nSPS) is 10.4. The Labute approximate surface area is 85.4 Å². The van der Waals surface area contributed by atoms with Gasteiger partial charge in [0.1, 0.15) is 6.33 Å². The SMILES string of the molecule is OCc1ccccc1Sc1ncn[nH]1. The molecule has 0 radical (unpaired) electrons. The van der Waals surface area contributed by atoms with Crippen molar-refractivity contribution in [2.45, 2.75) is 16.7 Å². The van der Waals surface area contributed by atoms with Crippen molar-refractivity contribution in [3.63, 3.8) is 0 Å². The number of nitrogens with one attached hydrogen (secondary N) is 1. The van der Waals surface area contributed by atoms with Crippen LogP contribution in [0.4, 0.5) is 0 Å². The van der Waals surface area contributed by atoms with Gasteiger partial charge in [-0.25, -0.2) is 4.98 Å². The van der Waals surface area contributed by atoms with Gasteiger partial charge in [-0.05, 0) is 23.4 Å². The topological polar surface area (TPSA) is 61.8 Å². The van der Waals surface area contributed by atoms with Crippen LogP contribution in [0.25, 0.3) is 0 Å². The maximum Gasteiger partial charge on any atom is 0.188 e. The third-order valence-electron chi connectivity index (χ3n) is 1.74. The van der Waals surface area contributed by atoms with Crippen LogP contribution >= 0.6 is 11.8 Å². The van der Waals surface area contributed by atoms with Crippen LogP contribution in [-0.4, -0.2) is 20.3 Å². The number of hydrogen-bond acceptors (Lipinski definition) is 4. The Kier molecular flexibility index (Phi) is 2.81.